The Morgan fingerprint density at radius 3 is 1.87 bits per heavy atom. The molecule has 0 aliphatic carbocycles. The van der Waals surface area contributed by atoms with Crippen LogP contribution in [0.25, 0.3) is 0 Å². The highest BCUT2D eigenvalue weighted by Crippen LogP contribution is 2.13. The summed E-state index contributed by atoms with van der Waals surface area (Å²) in [6.45, 7) is 8.11. The van der Waals surface area contributed by atoms with Gasteiger partial charge in [0, 0.05) is 42.1 Å². The van der Waals surface area contributed by atoms with Gasteiger partial charge in [0.25, 0.3) is 11.8 Å². The number of anilines is 2. The molecule has 0 saturated heterocycles. The molecular weight excluding hydrogens is 392 g/mol. The molecule has 0 radical (unpaired) electrons. The molecule has 7 nitrogen and oxygen atoms in total. The molecule has 0 bridgehead atoms. The van der Waals surface area contributed by atoms with Crippen LogP contribution < -0.4 is 16.0 Å². The quantitative estimate of drug-likeness (QED) is 0.512. The van der Waals surface area contributed by atoms with Crippen molar-refractivity contribution < 1.29 is 14.4 Å². The summed E-state index contributed by atoms with van der Waals surface area (Å²) >= 11 is 0. The van der Waals surface area contributed by atoms with Crippen LogP contribution in [-0.4, -0.2) is 48.8 Å². The highest BCUT2D eigenvalue weighted by Gasteiger charge is 2.14. The molecule has 7 heteroatoms. The summed E-state index contributed by atoms with van der Waals surface area (Å²) in [7, 11) is 0. The van der Waals surface area contributed by atoms with Crippen LogP contribution in [0.4, 0.5) is 11.4 Å². The second-order valence-electron chi connectivity index (χ2n) is 7.21. The average Bonchev–Trinajstić information content (AvgIpc) is 2.78. The first-order chi connectivity index (χ1) is 15.0. The summed E-state index contributed by atoms with van der Waals surface area (Å²) in [4.78, 5) is 38.5. The van der Waals surface area contributed by atoms with Gasteiger partial charge in [-0.2, -0.15) is 0 Å². The molecule has 0 fully saturated rings. The number of rotatable bonds is 11. The van der Waals surface area contributed by atoms with Crippen molar-refractivity contribution in [1.29, 1.82) is 0 Å². The van der Waals surface area contributed by atoms with Gasteiger partial charge in [-0.25, -0.2) is 0 Å². The molecule has 0 aliphatic rings. The molecular formula is C24H32N4O3. The van der Waals surface area contributed by atoms with Crippen LogP contribution in [0.1, 0.15) is 54.3 Å². The minimum absolute atomic E-state index is 0.0132. The summed E-state index contributed by atoms with van der Waals surface area (Å²) < 4.78 is 0. The zero-order chi connectivity index (χ0) is 22.6. The number of carbonyl (C=O) groups is 3. The van der Waals surface area contributed by atoms with Crippen LogP contribution in [0.5, 0.6) is 0 Å². The van der Waals surface area contributed by atoms with Crippen LogP contribution in [0.2, 0.25) is 0 Å². The first-order valence-corrected chi connectivity index (χ1v) is 10.8. The van der Waals surface area contributed by atoms with E-state index >= 15 is 0 Å². The van der Waals surface area contributed by atoms with E-state index in [2.05, 4.69) is 29.8 Å². The maximum Gasteiger partial charge on any atom is 0.253 e. The van der Waals surface area contributed by atoms with Crippen LogP contribution in [0.15, 0.2) is 48.5 Å². The second kappa shape index (κ2) is 12.4. The van der Waals surface area contributed by atoms with Crippen molar-refractivity contribution in [3.05, 3.63) is 59.7 Å². The number of benzene rings is 2. The number of amides is 3. The smallest absolute Gasteiger partial charge is 0.253 e. The van der Waals surface area contributed by atoms with Gasteiger partial charge in [0.05, 0.1) is 6.54 Å². The molecule has 2 rings (SSSR count). The molecule has 3 N–H and O–H groups in total. The number of nitrogens with one attached hydrogen (secondary N) is 3. The minimum Gasteiger partial charge on any atom is -0.376 e. The SMILES string of the molecule is CCCN(CCC)C(=O)c1ccc(NC(=O)CNc2ccc(C(=O)NCC)cc2)cc1. The summed E-state index contributed by atoms with van der Waals surface area (Å²) in [5.41, 5.74) is 2.57. The molecule has 2 aromatic carbocycles. The Hall–Kier alpha value is -3.35. The first kappa shape index (κ1) is 23.9. The monoisotopic (exact) mass is 424 g/mol. The highest BCUT2D eigenvalue weighted by atomic mass is 16.2. The van der Waals surface area contributed by atoms with E-state index in [4.69, 9.17) is 0 Å². The predicted octanol–water partition coefficient (Wildman–Crippen LogP) is 3.75. The number of hydrogen-bond donors (Lipinski definition) is 3. The van der Waals surface area contributed by atoms with Gasteiger partial charge in [0.2, 0.25) is 5.91 Å². The van der Waals surface area contributed by atoms with Gasteiger partial charge in [0.1, 0.15) is 0 Å². The summed E-state index contributed by atoms with van der Waals surface area (Å²) in [6, 6.07) is 13.9. The van der Waals surface area contributed by atoms with Gasteiger partial charge in [-0.15, -0.1) is 0 Å². The molecule has 0 heterocycles. The van der Waals surface area contributed by atoms with Gasteiger partial charge in [-0.1, -0.05) is 13.8 Å². The van der Waals surface area contributed by atoms with Crippen molar-refractivity contribution in [2.45, 2.75) is 33.6 Å². The van der Waals surface area contributed by atoms with Crippen LogP contribution in [0.3, 0.4) is 0 Å². The molecule has 31 heavy (non-hydrogen) atoms. The Kier molecular flexibility index (Phi) is 9.55. The maximum absolute atomic E-state index is 12.6. The lowest BCUT2D eigenvalue weighted by atomic mass is 10.1. The van der Waals surface area contributed by atoms with Crippen molar-refractivity contribution in [2.75, 3.05) is 36.8 Å². The molecule has 0 aromatic heterocycles. The van der Waals surface area contributed by atoms with Gasteiger partial charge >= 0.3 is 0 Å². The molecule has 0 spiro atoms. The fourth-order valence-electron chi connectivity index (χ4n) is 3.12. The van der Waals surface area contributed by atoms with Crippen LogP contribution >= 0.6 is 0 Å². The predicted molar refractivity (Wildman–Crippen MR) is 124 cm³/mol. The topological polar surface area (TPSA) is 90.5 Å². The van der Waals surface area contributed by atoms with E-state index in [1.54, 1.807) is 48.5 Å². The lowest BCUT2D eigenvalue weighted by Crippen LogP contribution is -2.32. The summed E-state index contributed by atoms with van der Waals surface area (Å²) in [6.07, 6.45) is 1.84. The molecule has 2 aromatic rings. The summed E-state index contributed by atoms with van der Waals surface area (Å²) in [5, 5.41) is 8.59. The van der Waals surface area contributed by atoms with Gasteiger partial charge < -0.3 is 20.9 Å². The fourth-order valence-corrected chi connectivity index (χ4v) is 3.12. The Morgan fingerprint density at radius 2 is 1.32 bits per heavy atom. The third-order valence-electron chi connectivity index (χ3n) is 4.63. The van der Waals surface area contributed by atoms with E-state index in [9.17, 15) is 14.4 Å². The van der Waals surface area contributed by atoms with Crippen LogP contribution in [-0.2, 0) is 4.79 Å². The molecule has 3 amide bonds. The Bertz CT molecular complexity index is 857. The van der Waals surface area contributed by atoms with Crippen LogP contribution in [0, 0.1) is 0 Å². The summed E-state index contributed by atoms with van der Waals surface area (Å²) in [5.74, 6) is -0.314. The number of hydrogen-bond acceptors (Lipinski definition) is 4. The zero-order valence-corrected chi connectivity index (χ0v) is 18.5. The van der Waals surface area contributed by atoms with E-state index in [1.165, 1.54) is 0 Å². The minimum atomic E-state index is -0.203. The van der Waals surface area contributed by atoms with Crippen molar-refractivity contribution in [1.82, 2.24) is 10.2 Å². The Balaban J connectivity index is 1.87. The van der Waals surface area contributed by atoms with Gasteiger partial charge in [0.15, 0.2) is 0 Å². The number of nitrogens with zero attached hydrogens (tertiary/aromatic N) is 1. The lowest BCUT2D eigenvalue weighted by molar-refractivity contribution is -0.114. The van der Waals surface area contributed by atoms with E-state index in [-0.39, 0.29) is 24.3 Å². The first-order valence-electron chi connectivity index (χ1n) is 10.8. The largest absolute Gasteiger partial charge is 0.376 e. The Labute approximate surface area is 184 Å². The lowest BCUT2D eigenvalue weighted by Gasteiger charge is -2.21. The molecule has 0 unspecified atom stereocenters. The highest BCUT2D eigenvalue weighted by molar-refractivity contribution is 5.97. The van der Waals surface area contributed by atoms with E-state index in [0.29, 0.717) is 23.4 Å². The normalized spacial score (nSPS) is 10.3. The maximum atomic E-state index is 12.6. The van der Waals surface area contributed by atoms with Crippen molar-refractivity contribution in [2.24, 2.45) is 0 Å². The fraction of sp³-hybridized carbons (Fsp3) is 0.375. The van der Waals surface area contributed by atoms with Crippen molar-refractivity contribution in [3.8, 4) is 0 Å². The van der Waals surface area contributed by atoms with E-state index in [0.717, 1.165) is 31.6 Å². The average molecular weight is 425 g/mol. The Morgan fingerprint density at radius 1 is 0.774 bits per heavy atom. The number of carbonyl (C=O) groups excluding carboxylic acids is 3. The van der Waals surface area contributed by atoms with E-state index in [1.807, 2.05) is 11.8 Å². The van der Waals surface area contributed by atoms with Gasteiger partial charge in [-0.3, -0.25) is 14.4 Å². The molecule has 0 aliphatic heterocycles. The standard InChI is InChI=1S/C24H32N4O3/c1-4-15-28(16-5-2)24(31)19-9-13-21(14-10-19)27-22(29)17-26-20-11-7-18(8-12-20)23(30)25-6-3/h7-14,26H,4-6,15-17H2,1-3H3,(H,25,30)(H,27,29). The van der Waals surface area contributed by atoms with Crippen molar-refractivity contribution in [3.63, 3.8) is 0 Å². The molecule has 0 atom stereocenters. The third-order valence-corrected chi connectivity index (χ3v) is 4.63. The van der Waals surface area contributed by atoms with E-state index < -0.39 is 0 Å². The zero-order valence-electron chi connectivity index (χ0n) is 18.5. The van der Waals surface area contributed by atoms with Crippen molar-refractivity contribution >= 4 is 29.1 Å². The molecule has 166 valence electrons. The van der Waals surface area contributed by atoms with Gasteiger partial charge in [-0.05, 0) is 68.3 Å². The third kappa shape index (κ3) is 7.44. The molecule has 0 saturated carbocycles. The second-order valence-corrected chi connectivity index (χ2v) is 7.21.